The lowest BCUT2D eigenvalue weighted by atomic mass is 10.2. The third kappa shape index (κ3) is 4.23. The van der Waals surface area contributed by atoms with E-state index in [0.717, 1.165) is 4.57 Å². The van der Waals surface area contributed by atoms with Crippen molar-refractivity contribution >= 4 is 39.1 Å². The second-order valence-corrected chi connectivity index (χ2v) is 8.05. The van der Waals surface area contributed by atoms with Crippen molar-refractivity contribution in [1.82, 2.24) is 9.13 Å². The molecular weight excluding hydrogens is 458 g/mol. The molecule has 2 aromatic heterocycles. The van der Waals surface area contributed by atoms with E-state index in [1.54, 1.807) is 66.9 Å². The normalized spacial score (nSPS) is 10.8. The van der Waals surface area contributed by atoms with Crippen molar-refractivity contribution in [3.8, 4) is 11.4 Å². The minimum absolute atomic E-state index is 0.192. The maximum Gasteiger partial charge on any atom is 0.340 e. The number of ether oxygens (including phenoxy) is 2. The Morgan fingerprint density at radius 2 is 1.76 bits per heavy atom. The van der Waals surface area contributed by atoms with E-state index in [0.29, 0.717) is 16.0 Å². The highest BCUT2D eigenvalue weighted by Crippen LogP contribution is 2.22. The van der Waals surface area contributed by atoms with Gasteiger partial charge in [0.15, 0.2) is 0 Å². The Kier molecular flexibility index (Phi) is 6.60. The summed E-state index contributed by atoms with van der Waals surface area (Å²) in [6.07, 6.45) is 0. The molecule has 0 fully saturated rings. The molecule has 10 heteroatoms. The number of hydrogen-bond donors (Lipinski definition) is 1. The number of methoxy groups -OCH3 is 1. The lowest BCUT2D eigenvalue weighted by molar-refractivity contribution is -0.116. The maximum atomic E-state index is 13.4. The Labute approximate surface area is 197 Å². The van der Waals surface area contributed by atoms with Gasteiger partial charge in [-0.1, -0.05) is 24.3 Å². The smallest absolute Gasteiger partial charge is 0.340 e. The van der Waals surface area contributed by atoms with Crippen LogP contribution in [-0.2, 0) is 16.1 Å². The number of thiophene rings is 1. The van der Waals surface area contributed by atoms with Gasteiger partial charge in [-0.15, -0.1) is 11.3 Å². The largest absolute Gasteiger partial charge is 0.495 e. The molecule has 0 aliphatic carbocycles. The van der Waals surface area contributed by atoms with Gasteiger partial charge in [-0.3, -0.25) is 14.2 Å². The number of benzene rings is 2. The van der Waals surface area contributed by atoms with Crippen molar-refractivity contribution in [3.63, 3.8) is 0 Å². The van der Waals surface area contributed by atoms with Gasteiger partial charge in [0.05, 0.1) is 36.2 Å². The molecule has 0 radical (unpaired) electrons. The first-order valence-electron chi connectivity index (χ1n) is 10.4. The van der Waals surface area contributed by atoms with Gasteiger partial charge in [0, 0.05) is 0 Å². The number of rotatable bonds is 7. The van der Waals surface area contributed by atoms with E-state index in [1.807, 2.05) is 0 Å². The Balaban J connectivity index is 1.76. The molecular formula is C24H21N3O6S. The predicted octanol–water partition coefficient (Wildman–Crippen LogP) is 3.04. The fourth-order valence-electron chi connectivity index (χ4n) is 3.58. The molecule has 0 aliphatic rings. The fraction of sp³-hybridized carbons (Fsp3) is 0.167. The van der Waals surface area contributed by atoms with Crippen molar-refractivity contribution in [1.29, 1.82) is 0 Å². The average Bonchev–Trinajstić information content (AvgIpc) is 3.33. The Hall–Kier alpha value is -4.18. The molecule has 9 nitrogen and oxygen atoms in total. The highest BCUT2D eigenvalue weighted by Gasteiger charge is 2.20. The monoisotopic (exact) mass is 479 g/mol. The van der Waals surface area contributed by atoms with Crippen molar-refractivity contribution < 1.29 is 19.1 Å². The summed E-state index contributed by atoms with van der Waals surface area (Å²) >= 11 is 1.18. The van der Waals surface area contributed by atoms with Gasteiger partial charge in [0.25, 0.3) is 5.56 Å². The van der Waals surface area contributed by atoms with Crippen LogP contribution in [0, 0.1) is 0 Å². The van der Waals surface area contributed by atoms with Crippen LogP contribution in [0.4, 0.5) is 5.69 Å². The zero-order chi connectivity index (χ0) is 24.2. The summed E-state index contributed by atoms with van der Waals surface area (Å²) in [4.78, 5) is 51.8. The minimum Gasteiger partial charge on any atom is -0.495 e. The first-order valence-corrected chi connectivity index (χ1v) is 11.3. The zero-order valence-corrected chi connectivity index (χ0v) is 19.3. The minimum atomic E-state index is -0.686. The van der Waals surface area contributed by atoms with Gasteiger partial charge in [-0.05, 0) is 42.6 Å². The van der Waals surface area contributed by atoms with Gasteiger partial charge in [-0.25, -0.2) is 14.2 Å². The number of aromatic nitrogens is 2. The summed E-state index contributed by atoms with van der Waals surface area (Å²) in [5.41, 5.74) is -0.0986. The predicted molar refractivity (Wildman–Crippen MR) is 129 cm³/mol. The Bertz CT molecular complexity index is 1500. The third-order valence-electron chi connectivity index (χ3n) is 5.08. The molecule has 0 aliphatic heterocycles. The Morgan fingerprint density at radius 3 is 2.53 bits per heavy atom. The molecule has 34 heavy (non-hydrogen) atoms. The van der Waals surface area contributed by atoms with Crippen molar-refractivity contribution in [2.45, 2.75) is 13.5 Å². The molecule has 0 saturated heterocycles. The third-order valence-corrected chi connectivity index (χ3v) is 5.97. The van der Waals surface area contributed by atoms with E-state index in [2.05, 4.69) is 5.32 Å². The summed E-state index contributed by atoms with van der Waals surface area (Å²) in [7, 11) is 1.44. The molecule has 4 aromatic rings. The van der Waals surface area contributed by atoms with Crippen LogP contribution >= 0.6 is 11.3 Å². The topological polar surface area (TPSA) is 109 Å². The fourth-order valence-corrected chi connectivity index (χ4v) is 4.40. The number of carbonyl (C=O) groups excluding carboxylic acids is 2. The number of hydrogen-bond acceptors (Lipinski definition) is 7. The number of nitrogens with zero attached hydrogens (tertiary/aromatic N) is 2. The number of para-hydroxylation sites is 3. The number of nitrogens with one attached hydrogen (secondary N) is 1. The van der Waals surface area contributed by atoms with E-state index in [9.17, 15) is 19.2 Å². The van der Waals surface area contributed by atoms with Crippen LogP contribution in [0.5, 0.6) is 5.75 Å². The van der Waals surface area contributed by atoms with Crippen LogP contribution in [0.25, 0.3) is 15.9 Å². The van der Waals surface area contributed by atoms with E-state index in [1.165, 1.54) is 23.0 Å². The van der Waals surface area contributed by atoms with Gasteiger partial charge in [-0.2, -0.15) is 0 Å². The highest BCUT2D eigenvalue weighted by atomic mass is 32.1. The SMILES string of the molecule is CCOC(=O)c1ccccc1NC(=O)Cn1c(=O)n(-c2ccccc2OC)c(=O)c2sccc21. The molecule has 0 spiro atoms. The van der Waals surface area contributed by atoms with E-state index >= 15 is 0 Å². The molecule has 0 saturated carbocycles. The van der Waals surface area contributed by atoms with E-state index in [-0.39, 0.29) is 30.1 Å². The number of amides is 1. The van der Waals surface area contributed by atoms with Crippen molar-refractivity contribution in [3.05, 3.63) is 86.4 Å². The Morgan fingerprint density at radius 1 is 1.03 bits per heavy atom. The highest BCUT2D eigenvalue weighted by molar-refractivity contribution is 7.17. The van der Waals surface area contributed by atoms with Gasteiger partial charge < -0.3 is 14.8 Å². The second-order valence-electron chi connectivity index (χ2n) is 7.13. The number of carbonyl (C=O) groups is 2. The summed E-state index contributed by atoms with van der Waals surface area (Å²) in [6.45, 7) is 1.50. The van der Waals surface area contributed by atoms with Gasteiger partial charge >= 0.3 is 11.7 Å². The number of anilines is 1. The lowest BCUT2D eigenvalue weighted by Gasteiger charge is -2.15. The standard InChI is InChI=1S/C24H21N3O6S/c1-3-33-23(30)15-8-4-5-9-16(15)25-20(28)14-26-18-12-13-34-21(18)22(29)27(24(26)31)17-10-6-7-11-19(17)32-2/h4-13H,3,14H2,1-2H3,(H,25,28). The number of fused-ring (bicyclic) bond motifs is 1. The summed E-state index contributed by atoms with van der Waals surface area (Å²) in [6, 6.07) is 14.7. The molecule has 1 amide bonds. The second kappa shape index (κ2) is 9.75. The average molecular weight is 480 g/mol. The molecule has 0 bridgehead atoms. The van der Waals surface area contributed by atoms with Gasteiger partial charge in [0.1, 0.15) is 17.0 Å². The van der Waals surface area contributed by atoms with Crippen LogP contribution in [-0.4, -0.2) is 34.7 Å². The van der Waals surface area contributed by atoms with Crippen molar-refractivity contribution in [2.24, 2.45) is 0 Å². The first kappa shape index (κ1) is 23.0. The molecule has 4 rings (SSSR count). The van der Waals surface area contributed by atoms with E-state index in [4.69, 9.17) is 9.47 Å². The van der Waals surface area contributed by atoms with Crippen LogP contribution in [0.1, 0.15) is 17.3 Å². The molecule has 0 atom stereocenters. The quantitative estimate of drug-likeness (QED) is 0.408. The summed E-state index contributed by atoms with van der Waals surface area (Å²) in [5, 5.41) is 4.35. The van der Waals surface area contributed by atoms with E-state index < -0.39 is 23.1 Å². The summed E-state index contributed by atoms with van der Waals surface area (Å²) in [5.74, 6) is -0.769. The number of esters is 1. The summed E-state index contributed by atoms with van der Waals surface area (Å²) < 4.78 is 12.9. The molecule has 2 heterocycles. The maximum absolute atomic E-state index is 13.4. The van der Waals surface area contributed by atoms with Crippen molar-refractivity contribution in [2.75, 3.05) is 19.0 Å². The molecule has 1 N–H and O–H groups in total. The molecule has 174 valence electrons. The lowest BCUT2D eigenvalue weighted by Crippen LogP contribution is -2.40. The molecule has 2 aromatic carbocycles. The zero-order valence-electron chi connectivity index (χ0n) is 18.4. The van der Waals surface area contributed by atoms with Crippen LogP contribution in [0.2, 0.25) is 0 Å². The van der Waals surface area contributed by atoms with Gasteiger partial charge in [0.2, 0.25) is 5.91 Å². The van der Waals surface area contributed by atoms with Crippen LogP contribution < -0.4 is 21.3 Å². The first-order chi connectivity index (χ1) is 16.5. The van der Waals surface area contributed by atoms with Crippen LogP contribution in [0.3, 0.4) is 0 Å². The molecule has 0 unspecified atom stereocenters. The van der Waals surface area contributed by atoms with Crippen LogP contribution in [0.15, 0.2) is 69.6 Å².